The molecule has 0 saturated carbocycles. The molecule has 0 atom stereocenters. The third kappa shape index (κ3) is 5.92. The molecule has 29 heavy (non-hydrogen) atoms. The topological polar surface area (TPSA) is 50.8 Å². The van der Waals surface area contributed by atoms with Crippen LogP contribution in [0.1, 0.15) is 28.8 Å². The molecule has 0 spiro atoms. The quantitative estimate of drug-likeness (QED) is 0.492. The van der Waals surface area contributed by atoms with E-state index in [9.17, 15) is 4.79 Å². The summed E-state index contributed by atoms with van der Waals surface area (Å²) in [7, 11) is 3.16. The van der Waals surface area contributed by atoms with Gasteiger partial charge in [0, 0.05) is 44.7 Å². The van der Waals surface area contributed by atoms with Gasteiger partial charge in [-0.1, -0.05) is 36.4 Å². The molecule has 0 unspecified atom stereocenters. The van der Waals surface area contributed by atoms with Crippen LogP contribution in [0.3, 0.4) is 0 Å². The van der Waals surface area contributed by atoms with Crippen LogP contribution in [-0.4, -0.2) is 57.6 Å². The van der Waals surface area contributed by atoms with Gasteiger partial charge in [0.2, 0.25) is 0 Å². The van der Waals surface area contributed by atoms with Gasteiger partial charge in [-0.05, 0) is 35.8 Å². The lowest BCUT2D eigenvalue weighted by molar-refractivity contribution is 0.0982. The van der Waals surface area contributed by atoms with Gasteiger partial charge in [-0.25, -0.2) is 0 Å². The van der Waals surface area contributed by atoms with Gasteiger partial charge in [0.1, 0.15) is 0 Å². The molecule has 1 heterocycles. The van der Waals surface area contributed by atoms with Gasteiger partial charge in [-0.2, -0.15) is 0 Å². The first-order chi connectivity index (χ1) is 14.2. The fourth-order valence-corrected chi connectivity index (χ4v) is 3.55. The summed E-state index contributed by atoms with van der Waals surface area (Å²) in [6.07, 6.45) is 3.88. The molecule has 1 N–H and O–H groups in total. The summed E-state index contributed by atoms with van der Waals surface area (Å²) < 4.78 is 10.5. The Bertz CT molecular complexity index is 833. The van der Waals surface area contributed by atoms with Crippen LogP contribution in [0.4, 0.5) is 0 Å². The molecule has 5 nitrogen and oxygen atoms in total. The maximum absolute atomic E-state index is 12.4. The summed E-state index contributed by atoms with van der Waals surface area (Å²) in [6, 6.07) is 15.9. The first kappa shape index (κ1) is 21.1. The smallest absolute Gasteiger partial charge is 0.164 e. The number of ether oxygens (including phenoxy) is 2. The first-order valence-corrected chi connectivity index (χ1v) is 10.1. The molecular weight excluding hydrogens is 364 g/mol. The summed E-state index contributed by atoms with van der Waals surface area (Å²) in [6.45, 7) is 4.60. The maximum Gasteiger partial charge on any atom is 0.164 e. The second-order valence-electron chi connectivity index (χ2n) is 7.14. The van der Waals surface area contributed by atoms with E-state index in [4.69, 9.17) is 9.47 Å². The Morgan fingerprint density at radius 1 is 1.03 bits per heavy atom. The minimum Gasteiger partial charge on any atom is -0.493 e. The van der Waals surface area contributed by atoms with Crippen molar-refractivity contribution in [1.29, 1.82) is 0 Å². The average molecular weight is 395 g/mol. The van der Waals surface area contributed by atoms with E-state index in [2.05, 4.69) is 46.6 Å². The molecule has 0 amide bonds. The molecule has 0 aromatic heterocycles. The predicted molar refractivity (Wildman–Crippen MR) is 117 cm³/mol. The highest BCUT2D eigenvalue weighted by molar-refractivity contribution is 5.96. The third-order valence-corrected chi connectivity index (χ3v) is 5.28. The van der Waals surface area contributed by atoms with Crippen LogP contribution in [-0.2, 0) is 0 Å². The molecule has 0 saturated heterocycles. The highest BCUT2D eigenvalue weighted by Crippen LogP contribution is 2.28. The van der Waals surface area contributed by atoms with E-state index in [-0.39, 0.29) is 5.78 Å². The Morgan fingerprint density at radius 3 is 2.52 bits per heavy atom. The van der Waals surface area contributed by atoms with Crippen LogP contribution in [0.2, 0.25) is 0 Å². The minimum atomic E-state index is 0.104. The zero-order chi connectivity index (χ0) is 20.5. The van der Waals surface area contributed by atoms with E-state index < -0.39 is 0 Å². The van der Waals surface area contributed by atoms with Crippen LogP contribution in [0, 0.1) is 0 Å². The number of nitrogens with zero attached hydrogens (tertiary/aromatic N) is 1. The van der Waals surface area contributed by atoms with Crippen molar-refractivity contribution in [3.05, 3.63) is 65.7 Å². The van der Waals surface area contributed by atoms with Crippen molar-refractivity contribution >= 4 is 11.4 Å². The number of rotatable bonds is 10. The van der Waals surface area contributed by atoms with Gasteiger partial charge in [0.25, 0.3) is 0 Å². The Hall–Kier alpha value is -2.63. The summed E-state index contributed by atoms with van der Waals surface area (Å²) in [5, 5.41) is 3.39. The van der Waals surface area contributed by atoms with Crippen LogP contribution in [0.25, 0.3) is 5.57 Å². The van der Waals surface area contributed by atoms with Crippen molar-refractivity contribution in [3.8, 4) is 11.5 Å². The maximum atomic E-state index is 12.4. The number of ketones is 1. The highest BCUT2D eigenvalue weighted by atomic mass is 16.5. The van der Waals surface area contributed by atoms with Gasteiger partial charge in [0.15, 0.2) is 17.3 Å². The van der Waals surface area contributed by atoms with Gasteiger partial charge < -0.3 is 14.8 Å². The van der Waals surface area contributed by atoms with Gasteiger partial charge in [0.05, 0.1) is 14.2 Å². The van der Waals surface area contributed by atoms with E-state index >= 15 is 0 Å². The second kappa shape index (κ2) is 10.8. The monoisotopic (exact) mass is 394 g/mol. The van der Waals surface area contributed by atoms with Gasteiger partial charge in [-0.15, -0.1) is 0 Å². The van der Waals surface area contributed by atoms with Crippen LogP contribution in [0.15, 0.2) is 54.6 Å². The molecule has 3 rings (SSSR count). The molecule has 2 aromatic rings. The first-order valence-electron chi connectivity index (χ1n) is 10.1. The molecule has 2 aromatic carbocycles. The van der Waals surface area contributed by atoms with Crippen molar-refractivity contribution in [3.63, 3.8) is 0 Å². The minimum absolute atomic E-state index is 0.104. The number of carbonyl (C=O) groups is 1. The zero-order valence-corrected chi connectivity index (χ0v) is 17.3. The van der Waals surface area contributed by atoms with Crippen molar-refractivity contribution in [2.75, 3.05) is 46.9 Å². The number of nitrogens with one attached hydrogen (secondary N) is 1. The number of benzene rings is 2. The number of methoxy groups -OCH3 is 2. The van der Waals surface area contributed by atoms with E-state index in [1.807, 2.05) is 0 Å². The van der Waals surface area contributed by atoms with Crippen molar-refractivity contribution in [2.24, 2.45) is 0 Å². The normalized spacial score (nSPS) is 14.3. The lowest BCUT2D eigenvalue weighted by atomic mass is 10.00. The summed E-state index contributed by atoms with van der Waals surface area (Å²) in [5.74, 6) is 1.32. The van der Waals surface area contributed by atoms with Crippen LogP contribution < -0.4 is 14.8 Å². The fraction of sp³-hybridized carbons (Fsp3) is 0.375. The molecule has 154 valence electrons. The fourth-order valence-electron chi connectivity index (χ4n) is 3.55. The molecule has 0 aliphatic carbocycles. The summed E-state index contributed by atoms with van der Waals surface area (Å²) in [5.41, 5.74) is 3.42. The Kier molecular flexibility index (Phi) is 7.85. The van der Waals surface area contributed by atoms with Crippen molar-refractivity contribution < 1.29 is 14.3 Å². The molecular formula is C24H30N2O3. The molecule has 1 aliphatic heterocycles. The Morgan fingerprint density at radius 2 is 1.83 bits per heavy atom. The van der Waals surface area contributed by atoms with Gasteiger partial charge in [-0.3, -0.25) is 9.69 Å². The largest absolute Gasteiger partial charge is 0.493 e. The summed E-state index contributed by atoms with van der Waals surface area (Å²) in [4.78, 5) is 14.8. The van der Waals surface area contributed by atoms with Crippen LogP contribution in [0.5, 0.6) is 11.5 Å². The van der Waals surface area contributed by atoms with E-state index in [0.717, 1.165) is 32.6 Å². The molecule has 1 aliphatic rings. The average Bonchev–Trinajstić information content (AvgIpc) is 2.79. The molecule has 0 radical (unpaired) electrons. The van der Waals surface area contributed by atoms with Crippen molar-refractivity contribution in [2.45, 2.75) is 12.8 Å². The Balaban J connectivity index is 1.36. The van der Waals surface area contributed by atoms with Gasteiger partial charge >= 0.3 is 0 Å². The third-order valence-electron chi connectivity index (χ3n) is 5.28. The van der Waals surface area contributed by atoms with E-state index in [0.29, 0.717) is 30.0 Å². The molecule has 0 bridgehead atoms. The summed E-state index contributed by atoms with van der Waals surface area (Å²) >= 11 is 0. The van der Waals surface area contributed by atoms with Crippen LogP contribution >= 0.6 is 0 Å². The standard InChI is InChI=1S/C24H30N2O3/c1-28-23-9-8-21(18-24(23)29-2)22(27)10-13-25-14-17-26-15-11-20(12-16-26)19-6-4-3-5-7-19/h3-9,11,18,25H,10,12-17H2,1-2H3. The number of carbonyl (C=O) groups excluding carboxylic acids is 1. The SMILES string of the molecule is COc1ccc(C(=O)CCNCCN2CC=C(c3ccccc3)CC2)cc1OC. The predicted octanol–water partition coefficient (Wildman–Crippen LogP) is 3.66. The highest BCUT2D eigenvalue weighted by Gasteiger charge is 2.13. The number of Topliss-reactive ketones (excluding diaryl/α,β-unsaturated/α-hetero) is 1. The Labute approximate surface area is 173 Å². The lowest BCUT2D eigenvalue weighted by Crippen LogP contribution is -2.35. The zero-order valence-electron chi connectivity index (χ0n) is 17.3. The van der Waals surface area contributed by atoms with E-state index in [1.54, 1.807) is 32.4 Å². The number of hydrogen-bond donors (Lipinski definition) is 1. The van der Waals surface area contributed by atoms with E-state index in [1.165, 1.54) is 11.1 Å². The van der Waals surface area contributed by atoms with Crippen molar-refractivity contribution in [1.82, 2.24) is 10.2 Å². The second-order valence-corrected chi connectivity index (χ2v) is 7.14. The number of hydrogen-bond acceptors (Lipinski definition) is 5. The molecule has 5 heteroatoms. The molecule has 0 fully saturated rings. The lowest BCUT2D eigenvalue weighted by Gasteiger charge is -2.26.